The van der Waals surface area contributed by atoms with E-state index < -0.39 is 0 Å². The van der Waals surface area contributed by atoms with E-state index in [1.807, 2.05) is 0 Å². The minimum absolute atomic E-state index is 0.0613. The molecule has 0 aromatic carbocycles. The van der Waals surface area contributed by atoms with Gasteiger partial charge >= 0.3 is 5.97 Å². The highest BCUT2D eigenvalue weighted by Gasteiger charge is 2.35. The Balaban J connectivity index is 1.92. The Hall–Kier alpha value is -0.570. The Morgan fingerprint density at radius 2 is 1.84 bits per heavy atom. The second-order valence-corrected chi connectivity index (χ2v) is 6.83. The number of nitrogens with one attached hydrogen (secondary N) is 1. The minimum atomic E-state index is 0.0613. The van der Waals surface area contributed by atoms with Crippen LogP contribution in [-0.2, 0) is 9.53 Å². The van der Waals surface area contributed by atoms with E-state index in [4.69, 9.17) is 4.74 Å². The zero-order valence-corrected chi connectivity index (χ0v) is 12.7. The van der Waals surface area contributed by atoms with E-state index in [2.05, 4.69) is 26.1 Å². The number of piperidine rings is 1. The van der Waals surface area contributed by atoms with Crippen LogP contribution < -0.4 is 5.32 Å². The SMILES string of the molecule is CC1CCC(C(C)C)C(OC(=O)C2CCNCC2)C1. The van der Waals surface area contributed by atoms with E-state index in [9.17, 15) is 4.79 Å². The molecule has 3 heteroatoms. The maximum atomic E-state index is 12.3. The van der Waals surface area contributed by atoms with Gasteiger partial charge in [0.1, 0.15) is 6.10 Å². The average molecular weight is 267 g/mol. The molecule has 1 aliphatic carbocycles. The quantitative estimate of drug-likeness (QED) is 0.799. The normalized spacial score (nSPS) is 33.4. The molecule has 19 heavy (non-hydrogen) atoms. The van der Waals surface area contributed by atoms with Gasteiger partial charge in [-0.3, -0.25) is 4.79 Å². The highest BCUT2D eigenvalue weighted by molar-refractivity contribution is 5.72. The van der Waals surface area contributed by atoms with E-state index in [-0.39, 0.29) is 18.0 Å². The highest BCUT2D eigenvalue weighted by atomic mass is 16.5. The molecule has 1 N–H and O–H groups in total. The molecule has 1 saturated carbocycles. The van der Waals surface area contributed by atoms with Crippen LogP contribution in [0.4, 0.5) is 0 Å². The van der Waals surface area contributed by atoms with Gasteiger partial charge in [0.25, 0.3) is 0 Å². The fourth-order valence-electron chi connectivity index (χ4n) is 3.55. The first-order valence-corrected chi connectivity index (χ1v) is 7.99. The fourth-order valence-corrected chi connectivity index (χ4v) is 3.55. The van der Waals surface area contributed by atoms with Crippen LogP contribution in [0.25, 0.3) is 0 Å². The maximum absolute atomic E-state index is 12.3. The molecule has 0 aromatic heterocycles. The molecule has 1 saturated heterocycles. The topological polar surface area (TPSA) is 38.3 Å². The number of hydrogen-bond donors (Lipinski definition) is 1. The molecule has 0 amide bonds. The number of carbonyl (C=O) groups excluding carboxylic acids is 1. The summed E-state index contributed by atoms with van der Waals surface area (Å²) >= 11 is 0. The van der Waals surface area contributed by atoms with Crippen LogP contribution in [0, 0.1) is 23.7 Å². The molecule has 0 spiro atoms. The van der Waals surface area contributed by atoms with Crippen LogP contribution in [0.15, 0.2) is 0 Å². The summed E-state index contributed by atoms with van der Waals surface area (Å²) in [5.74, 6) is 2.05. The van der Waals surface area contributed by atoms with Crippen molar-refractivity contribution in [1.29, 1.82) is 0 Å². The Kier molecular flexibility index (Phi) is 5.26. The van der Waals surface area contributed by atoms with Crippen LogP contribution in [0.5, 0.6) is 0 Å². The van der Waals surface area contributed by atoms with Crippen molar-refractivity contribution in [1.82, 2.24) is 5.32 Å². The molecule has 110 valence electrons. The molecule has 3 unspecified atom stereocenters. The van der Waals surface area contributed by atoms with Crippen LogP contribution in [0.3, 0.4) is 0 Å². The Morgan fingerprint density at radius 3 is 2.47 bits per heavy atom. The third-order valence-electron chi connectivity index (χ3n) is 4.90. The number of carbonyl (C=O) groups is 1. The molecule has 0 radical (unpaired) electrons. The van der Waals surface area contributed by atoms with E-state index in [1.54, 1.807) is 0 Å². The van der Waals surface area contributed by atoms with Gasteiger partial charge in [0.2, 0.25) is 0 Å². The molecule has 2 aliphatic rings. The van der Waals surface area contributed by atoms with Crippen LogP contribution in [-0.4, -0.2) is 25.2 Å². The first kappa shape index (κ1) is 14.8. The van der Waals surface area contributed by atoms with Gasteiger partial charge in [0.05, 0.1) is 5.92 Å². The van der Waals surface area contributed by atoms with Crippen molar-refractivity contribution >= 4 is 5.97 Å². The van der Waals surface area contributed by atoms with Crippen LogP contribution in [0.1, 0.15) is 52.9 Å². The van der Waals surface area contributed by atoms with Gasteiger partial charge < -0.3 is 10.1 Å². The van der Waals surface area contributed by atoms with Crippen molar-refractivity contribution in [3.63, 3.8) is 0 Å². The third kappa shape index (κ3) is 3.95. The monoisotopic (exact) mass is 267 g/mol. The van der Waals surface area contributed by atoms with Gasteiger partial charge in [-0.25, -0.2) is 0 Å². The molecule has 1 aliphatic heterocycles. The van der Waals surface area contributed by atoms with E-state index >= 15 is 0 Å². The zero-order chi connectivity index (χ0) is 13.8. The fraction of sp³-hybridized carbons (Fsp3) is 0.938. The highest BCUT2D eigenvalue weighted by Crippen LogP contribution is 2.36. The molecule has 3 atom stereocenters. The summed E-state index contributed by atoms with van der Waals surface area (Å²) in [6, 6.07) is 0. The molecule has 3 nitrogen and oxygen atoms in total. The lowest BCUT2D eigenvalue weighted by molar-refractivity contribution is -0.161. The molecule has 2 fully saturated rings. The van der Waals surface area contributed by atoms with Crippen molar-refractivity contribution in [2.75, 3.05) is 13.1 Å². The first-order chi connectivity index (χ1) is 9.08. The predicted octanol–water partition coefficient (Wildman–Crippen LogP) is 2.99. The first-order valence-electron chi connectivity index (χ1n) is 7.99. The van der Waals surface area contributed by atoms with Crippen LogP contribution >= 0.6 is 0 Å². The number of ether oxygens (including phenoxy) is 1. The van der Waals surface area contributed by atoms with Gasteiger partial charge in [0, 0.05) is 0 Å². The summed E-state index contributed by atoms with van der Waals surface area (Å²) in [6.07, 6.45) is 5.58. The van der Waals surface area contributed by atoms with Crippen LogP contribution in [0.2, 0.25) is 0 Å². The van der Waals surface area contributed by atoms with Gasteiger partial charge in [-0.15, -0.1) is 0 Å². The summed E-state index contributed by atoms with van der Waals surface area (Å²) in [5, 5.41) is 3.30. The predicted molar refractivity (Wildman–Crippen MR) is 76.8 cm³/mol. The Labute approximate surface area is 117 Å². The summed E-state index contributed by atoms with van der Waals surface area (Å²) < 4.78 is 5.91. The number of esters is 1. The lowest BCUT2D eigenvalue weighted by Crippen LogP contribution is -2.39. The molecular formula is C16H29NO2. The standard InChI is InChI=1S/C16H29NO2/c1-11(2)14-5-4-12(3)10-15(14)19-16(18)13-6-8-17-9-7-13/h11-15,17H,4-10H2,1-3H3. The molecule has 0 bridgehead atoms. The van der Waals surface area contributed by atoms with Crippen molar-refractivity contribution in [2.45, 2.75) is 59.0 Å². The van der Waals surface area contributed by atoms with Gasteiger partial charge in [0.15, 0.2) is 0 Å². The lowest BCUT2D eigenvalue weighted by Gasteiger charge is -2.37. The second-order valence-electron chi connectivity index (χ2n) is 6.83. The van der Waals surface area contributed by atoms with E-state index in [0.717, 1.165) is 32.4 Å². The smallest absolute Gasteiger partial charge is 0.309 e. The largest absolute Gasteiger partial charge is 0.462 e. The number of hydrogen-bond acceptors (Lipinski definition) is 3. The third-order valence-corrected chi connectivity index (χ3v) is 4.90. The van der Waals surface area contributed by atoms with Crippen molar-refractivity contribution in [3.05, 3.63) is 0 Å². The summed E-state index contributed by atoms with van der Waals surface area (Å²) in [7, 11) is 0. The Bertz CT molecular complexity index is 297. The van der Waals surface area contributed by atoms with Gasteiger partial charge in [-0.2, -0.15) is 0 Å². The van der Waals surface area contributed by atoms with Gasteiger partial charge in [-0.1, -0.05) is 27.2 Å². The summed E-state index contributed by atoms with van der Waals surface area (Å²) in [5.41, 5.74) is 0. The minimum Gasteiger partial charge on any atom is -0.462 e. The van der Waals surface area contributed by atoms with E-state index in [1.165, 1.54) is 12.8 Å². The number of rotatable bonds is 3. The van der Waals surface area contributed by atoms with Crippen molar-refractivity contribution in [3.8, 4) is 0 Å². The lowest BCUT2D eigenvalue weighted by atomic mass is 9.75. The second kappa shape index (κ2) is 6.74. The molecule has 0 aromatic rings. The van der Waals surface area contributed by atoms with Crippen molar-refractivity contribution in [2.24, 2.45) is 23.7 Å². The van der Waals surface area contributed by atoms with E-state index in [0.29, 0.717) is 17.8 Å². The molecular weight excluding hydrogens is 238 g/mol. The van der Waals surface area contributed by atoms with Crippen molar-refractivity contribution < 1.29 is 9.53 Å². The maximum Gasteiger partial charge on any atom is 0.309 e. The zero-order valence-electron chi connectivity index (χ0n) is 12.7. The average Bonchev–Trinajstić information content (AvgIpc) is 2.39. The Morgan fingerprint density at radius 1 is 1.16 bits per heavy atom. The summed E-state index contributed by atoms with van der Waals surface area (Å²) in [4.78, 5) is 12.3. The summed E-state index contributed by atoms with van der Waals surface area (Å²) in [6.45, 7) is 8.70. The van der Waals surface area contributed by atoms with Gasteiger partial charge in [-0.05, 0) is 56.5 Å². The molecule has 1 heterocycles. The molecule has 2 rings (SSSR count).